The second-order valence-electron chi connectivity index (χ2n) is 9.27. The van der Waals surface area contributed by atoms with Gasteiger partial charge in [0.05, 0.1) is 5.92 Å². The van der Waals surface area contributed by atoms with Crippen molar-refractivity contribution >= 4 is 29.3 Å². The van der Waals surface area contributed by atoms with Crippen LogP contribution in [-0.2, 0) is 11.2 Å². The predicted molar refractivity (Wildman–Crippen MR) is 148 cm³/mol. The van der Waals surface area contributed by atoms with E-state index < -0.39 is 35.2 Å². The van der Waals surface area contributed by atoms with Crippen LogP contribution in [0.15, 0.2) is 84.9 Å². The van der Waals surface area contributed by atoms with Gasteiger partial charge in [-0.2, -0.15) is 0 Å². The molecule has 1 aromatic heterocycles. The summed E-state index contributed by atoms with van der Waals surface area (Å²) in [7, 11) is 0. The molecule has 1 atom stereocenters. The smallest absolute Gasteiger partial charge is 0.325 e. The topological polar surface area (TPSA) is 108 Å². The maximum absolute atomic E-state index is 13.8. The van der Waals surface area contributed by atoms with Gasteiger partial charge in [0.15, 0.2) is 5.78 Å². The molecule has 1 unspecified atom stereocenters. The van der Waals surface area contributed by atoms with E-state index in [-0.39, 0.29) is 18.0 Å². The molecule has 0 fully saturated rings. The molecule has 7 nitrogen and oxygen atoms in total. The number of para-hydroxylation sites is 1. The van der Waals surface area contributed by atoms with E-state index in [0.717, 1.165) is 28.8 Å². The van der Waals surface area contributed by atoms with Gasteiger partial charge in [0, 0.05) is 23.2 Å². The van der Waals surface area contributed by atoms with Crippen LogP contribution in [0.25, 0.3) is 11.1 Å². The first-order valence-corrected chi connectivity index (χ1v) is 12.6. The van der Waals surface area contributed by atoms with Crippen LogP contribution in [0.5, 0.6) is 0 Å². The third kappa shape index (κ3) is 7.13. The number of Topliss-reactive ketones (excluding diaryl/α,β-unsaturated/α-hetero) is 1. The third-order valence-electron chi connectivity index (χ3n) is 6.45. The Balaban J connectivity index is 1.38. The van der Waals surface area contributed by atoms with Crippen molar-refractivity contribution < 1.29 is 28.3 Å². The number of anilines is 2. The molecule has 4 rings (SSSR count). The van der Waals surface area contributed by atoms with Gasteiger partial charge in [-0.25, -0.2) is 18.6 Å². The summed E-state index contributed by atoms with van der Waals surface area (Å²) in [6.07, 6.45) is 0.839. The monoisotopic (exact) mass is 543 g/mol. The van der Waals surface area contributed by atoms with Crippen molar-refractivity contribution in [2.75, 3.05) is 10.6 Å². The van der Waals surface area contributed by atoms with Crippen LogP contribution in [-0.4, -0.2) is 27.9 Å². The third-order valence-corrected chi connectivity index (χ3v) is 6.45. The van der Waals surface area contributed by atoms with Gasteiger partial charge in [-0.15, -0.1) is 0 Å². The van der Waals surface area contributed by atoms with Crippen LogP contribution < -0.4 is 10.6 Å². The Morgan fingerprint density at radius 3 is 2.15 bits per heavy atom. The van der Waals surface area contributed by atoms with E-state index in [0.29, 0.717) is 24.1 Å². The minimum atomic E-state index is -0.996. The molecule has 0 aliphatic rings. The number of rotatable bonds is 10. The molecule has 0 saturated heterocycles. The molecule has 0 aliphatic carbocycles. The van der Waals surface area contributed by atoms with Gasteiger partial charge >= 0.3 is 12.0 Å². The highest BCUT2D eigenvalue weighted by Crippen LogP contribution is 2.26. The van der Waals surface area contributed by atoms with E-state index in [1.165, 1.54) is 6.07 Å². The van der Waals surface area contributed by atoms with E-state index in [1.54, 1.807) is 43.3 Å². The molecular formula is C31H27F2N3O4. The minimum absolute atomic E-state index is 0.0959. The Labute approximate surface area is 229 Å². The van der Waals surface area contributed by atoms with E-state index in [4.69, 9.17) is 0 Å². The molecule has 0 bridgehead atoms. The molecular weight excluding hydrogens is 516 g/mol. The van der Waals surface area contributed by atoms with Gasteiger partial charge < -0.3 is 10.4 Å². The zero-order valence-electron chi connectivity index (χ0n) is 21.7. The van der Waals surface area contributed by atoms with Gasteiger partial charge in [0.1, 0.15) is 23.1 Å². The molecule has 40 heavy (non-hydrogen) atoms. The van der Waals surface area contributed by atoms with E-state index >= 15 is 0 Å². The average molecular weight is 544 g/mol. The lowest BCUT2D eigenvalue weighted by Gasteiger charge is -2.13. The molecule has 0 spiro atoms. The highest BCUT2D eigenvalue weighted by molar-refractivity contribution is 6.00. The number of pyridine rings is 1. The first kappa shape index (κ1) is 28.1. The maximum atomic E-state index is 13.8. The van der Waals surface area contributed by atoms with Crippen LogP contribution in [0.4, 0.5) is 25.1 Å². The average Bonchev–Trinajstić information content (AvgIpc) is 2.93. The first-order valence-electron chi connectivity index (χ1n) is 12.6. The molecule has 9 heteroatoms. The number of aromatic nitrogens is 1. The highest BCUT2D eigenvalue weighted by atomic mass is 19.1. The SMILES string of the molecule is Cc1nc(NC(=O)Nc2c(F)cccc2F)ccc1-c1ccc(C(=O)CC(CCc2ccccc2)C(=O)O)cc1. The summed E-state index contributed by atoms with van der Waals surface area (Å²) in [5.74, 6) is -3.66. The Hall–Kier alpha value is -4.92. The summed E-state index contributed by atoms with van der Waals surface area (Å²) < 4.78 is 27.6. The second-order valence-corrected chi connectivity index (χ2v) is 9.27. The van der Waals surface area contributed by atoms with Gasteiger partial charge in [-0.05, 0) is 55.2 Å². The number of nitrogens with one attached hydrogen (secondary N) is 2. The van der Waals surface area contributed by atoms with Crippen LogP contribution in [0, 0.1) is 24.5 Å². The number of benzene rings is 3. The Morgan fingerprint density at radius 2 is 1.52 bits per heavy atom. The van der Waals surface area contributed by atoms with Gasteiger partial charge in [0.25, 0.3) is 0 Å². The number of urea groups is 1. The fraction of sp³-hybridized carbons (Fsp3) is 0.161. The fourth-order valence-electron chi connectivity index (χ4n) is 4.29. The number of hydrogen-bond donors (Lipinski definition) is 3. The second kappa shape index (κ2) is 12.8. The summed E-state index contributed by atoms with van der Waals surface area (Å²) in [5.41, 5.74) is 2.96. The minimum Gasteiger partial charge on any atom is -0.481 e. The number of carbonyl (C=O) groups is 3. The molecule has 204 valence electrons. The van der Waals surface area contributed by atoms with Crippen LogP contribution in [0.3, 0.4) is 0 Å². The van der Waals surface area contributed by atoms with Crippen molar-refractivity contribution in [3.8, 4) is 11.1 Å². The van der Waals surface area contributed by atoms with Crippen LogP contribution >= 0.6 is 0 Å². The lowest BCUT2D eigenvalue weighted by Crippen LogP contribution is -2.21. The van der Waals surface area contributed by atoms with Crippen molar-refractivity contribution in [2.24, 2.45) is 5.92 Å². The summed E-state index contributed by atoms with van der Waals surface area (Å²) in [5, 5.41) is 14.2. The molecule has 0 aliphatic heterocycles. The number of amides is 2. The largest absolute Gasteiger partial charge is 0.481 e. The number of ketones is 1. The number of carboxylic acid groups (broad SMARTS) is 1. The van der Waals surface area contributed by atoms with Gasteiger partial charge in [-0.3, -0.25) is 14.9 Å². The molecule has 0 radical (unpaired) electrons. The quantitative estimate of drug-likeness (QED) is 0.189. The number of nitrogens with zero attached hydrogens (tertiary/aromatic N) is 1. The summed E-state index contributed by atoms with van der Waals surface area (Å²) in [4.78, 5) is 41.2. The predicted octanol–water partition coefficient (Wildman–Crippen LogP) is 6.89. The maximum Gasteiger partial charge on any atom is 0.325 e. The van der Waals surface area contributed by atoms with Gasteiger partial charge in [-0.1, -0.05) is 60.7 Å². The lowest BCUT2D eigenvalue weighted by molar-refractivity contribution is -0.141. The van der Waals surface area contributed by atoms with Crippen LogP contribution in [0.2, 0.25) is 0 Å². The lowest BCUT2D eigenvalue weighted by atomic mass is 9.92. The Morgan fingerprint density at radius 1 is 0.850 bits per heavy atom. The van der Waals surface area contributed by atoms with Crippen molar-refractivity contribution in [3.63, 3.8) is 0 Å². The Kier molecular flexibility index (Phi) is 8.96. The zero-order valence-corrected chi connectivity index (χ0v) is 21.7. The molecule has 4 aromatic rings. The van der Waals surface area contributed by atoms with E-state index in [1.807, 2.05) is 30.3 Å². The Bertz CT molecular complexity index is 1510. The molecule has 3 aromatic carbocycles. The summed E-state index contributed by atoms with van der Waals surface area (Å²) >= 11 is 0. The van der Waals surface area contributed by atoms with E-state index in [9.17, 15) is 28.3 Å². The van der Waals surface area contributed by atoms with Crippen molar-refractivity contribution in [2.45, 2.75) is 26.2 Å². The number of aliphatic carboxylic acids is 1. The summed E-state index contributed by atoms with van der Waals surface area (Å²) in [6, 6.07) is 22.0. The van der Waals surface area contributed by atoms with Crippen molar-refractivity contribution in [1.82, 2.24) is 4.98 Å². The first-order chi connectivity index (χ1) is 19.2. The number of halogens is 2. The molecule has 1 heterocycles. The van der Waals surface area contributed by atoms with E-state index in [2.05, 4.69) is 15.6 Å². The molecule has 3 N–H and O–H groups in total. The molecule has 2 amide bonds. The number of hydrogen-bond acceptors (Lipinski definition) is 4. The van der Waals surface area contributed by atoms with Crippen LogP contribution in [0.1, 0.15) is 34.5 Å². The standard InChI is InChI=1S/C31H27F2N3O4/c1-19-24(16-17-28(34-19)35-31(40)36-29-25(32)8-5-9-26(29)33)21-12-14-22(15-13-21)27(37)18-23(30(38)39)11-10-20-6-3-2-4-7-20/h2-9,12-17,23H,10-11,18H2,1H3,(H,38,39)(H2,34,35,36,40). The number of carbonyl (C=O) groups excluding carboxylic acids is 2. The molecule has 0 saturated carbocycles. The van der Waals surface area contributed by atoms with Gasteiger partial charge in [0.2, 0.25) is 0 Å². The van der Waals surface area contributed by atoms with Crippen molar-refractivity contribution in [3.05, 3.63) is 113 Å². The number of carboxylic acids is 1. The fourth-order valence-corrected chi connectivity index (χ4v) is 4.29. The normalized spacial score (nSPS) is 11.5. The van der Waals surface area contributed by atoms with Crippen molar-refractivity contribution in [1.29, 1.82) is 0 Å². The summed E-state index contributed by atoms with van der Waals surface area (Å²) in [6.45, 7) is 1.73. The number of aryl methyl sites for hydroxylation is 2. The zero-order chi connectivity index (χ0) is 28.6. The highest BCUT2D eigenvalue weighted by Gasteiger charge is 2.22.